The summed E-state index contributed by atoms with van der Waals surface area (Å²) in [6.07, 6.45) is 19.4. The van der Waals surface area contributed by atoms with Gasteiger partial charge in [-0.2, -0.15) is 0 Å². The van der Waals surface area contributed by atoms with Gasteiger partial charge in [0.1, 0.15) is 6.61 Å². The van der Waals surface area contributed by atoms with Crippen molar-refractivity contribution in [3.05, 3.63) is 79.9 Å². The standard InChI is InChI=1S/C35H50N2O9/c1-2-3-4-5-6-7-8-9-10-11-12-13-14-15-16-17-26-44-27-33(46-35(39)30-20-24-32(25-21-30)37(42)43)28-45-34(38)29-18-22-31(23-19-29)36(40)41/h18-25,33H,2-17,26-28H2,1H3/t33-/m1/s1. The van der Waals surface area contributed by atoms with E-state index in [1.807, 2.05) is 0 Å². The number of nitro benzene ring substituents is 2. The molecule has 0 aromatic heterocycles. The van der Waals surface area contributed by atoms with Gasteiger partial charge in [-0.3, -0.25) is 20.2 Å². The van der Waals surface area contributed by atoms with Crippen LogP contribution in [-0.4, -0.2) is 47.7 Å². The number of esters is 2. The molecule has 1 atom stereocenters. The third-order valence-corrected chi connectivity index (χ3v) is 7.75. The highest BCUT2D eigenvalue weighted by molar-refractivity contribution is 5.90. The highest BCUT2D eigenvalue weighted by Crippen LogP contribution is 2.16. The number of hydrogen-bond acceptors (Lipinski definition) is 9. The fraction of sp³-hybridized carbons (Fsp3) is 0.600. The zero-order chi connectivity index (χ0) is 33.4. The van der Waals surface area contributed by atoms with Crippen molar-refractivity contribution in [3.8, 4) is 0 Å². The number of carbonyl (C=O) groups is 2. The molecule has 0 radical (unpaired) electrons. The first-order chi connectivity index (χ1) is 22.3. The van der Waals surface area contributed by atoms with Gasteiger partial charge >= 0.3 is 11.9 Å². The molecule has 11 heteroatoms. The molecule has 2 aromatic carbocycles. The summed E-state index contributed by atoms with van der Waals surface area (Å²) in [5, 5.41) is 21.8. The van der Waals surface area contributed by atoms with Crippen molar-refractivity contribution in [3.63, 3.8) is 0 Å². The van der Waals surface area contributed by atoms with Crippen LogP contribution in [0.2, 0.25) is 0 Å². The highest BCUT2D eigenvalue weighted by atomic mass is 16.6. The van der Waals surface area contributed by atoms with Crippen molar-refractivity contribution in [1.29, 1.82) is 0 Å². The lowest BCUT2D eigenvalue weighted by molar-refractivity contribution is -0.385. The molecule has 46 heavy (non-hydrogen) atoms. The first kappa shape index (κ1) is 38.3. The second-order valence-electron chi connectivity index (χ2n) is 11.6. The van der Waals surface area contributed by atoms with E-state index in [-0.39, 0.29) is 35.7 Å². The maximum atomic E-state index is 12.7. The highest BCUT2D eigenvalue weighted by Gasteiger charge is 2.20. The Labute approximate surface area is 272 Å². The molecule has 0 heterocycles. The Bertz CT molecular complexity index is 1170. The molecule has 0 saturated heterocycles. The van der Waals surface area contributed by atoms with Crippen molar-refractivity contribution in [2.24, 2.45) is 0 Å². The van der Waals surface area contributed by atoms with Crippen LogP contribution in [0.5, 0.6) is 0 Å². The molecule has 0 aliphatic heterocycles. The van der Waals surface area contributed by atoms with Crippen LogP contribution in [0.15, 0.2) is 48.5 Å². The number of ether oxygens (including phenoxy) is 3. The topological polar surface area (TPSA) is 148 Å². The summed E-state index contributed by atoms with van der Waals surface area (Å²) in [6, 6.07) is 9.95. The molecule has 0 saturated carbocycles. The minimum absolute atomic E-state index is 0.00893. The summed E-state index contributed by atoms with van der Waals surface area (Å²) in [5.41, 5.74) is -0.101. The number of unbranched alkanes of at least 4 members (excludes halogenated alkanes) is 15. The number of nitro groups is 2. The molecule has 254 valence electrons. The largest absolute Gasteiger partial charge is 0.458 e. The van der Waals surface area contributed by atoms with Crippen LogP contribution in [0.25, 0.3) is 0 Å². The van der Waals surface area contributed by atoms with E-state index in [0.717, 1.165) is 19.3 Å². The lowest BCUT2D eigenvalue weighted by Gasteiger charge is -2.18. The van der Waals surface area contributed by atoms with Gasteiger partial charge < -0.3 is 14.2 Å². The maximum Gasteiger partial charge on any atom is 0.338 e. The monoisotopic (exact) mass is 642 g/mol. The Hall–Kier alpha value is -3.86. The molecule has 0 aliphatic rings. The van der Waals surface area contributed by atoms with E-state index in [1.54, 1.807) is 0 Å². The van der Waals surface area contributed by atoms with Crippen molar-refractivity contribution in [1.82, 2.24) is 0 Å². The zero-order valence-corrected chi connectivity index (χ0v) is 27.2. The van der Waals surface area contributed by atoms with Crippen LogP contribution in [0.1, 0.15) is 130 Å². The van der Waals surface area contributed by atoms with E-state index in [1.165, 1.54) is 132 Å². The number of non-ortho nitro benzene ring substituents is 2. The van der Waals surface area contributed by atoms with E-state index in [4.69, 9.17) is 14.2 Å². The Morgan fingerprint density at radius 1 is 0.587 bits per heavy atom. The minimum Gasteiger partial charge on any atom is -0.458 e. The molecule has 11 nitrogen and oxygen atoms in total. The minimum atomic E-state index is -0.925. The fourth-order valence-electron chi connectivity index (χ4n) is 4.99. The van der Waals surface area contributed by atoms with Crippen LogP contribution in [0.3, 0.4) is 0 Å². The normalized spacial score (nSPS) is 11.6. The number of rotatable bonds is 26. The van der Waals surface area contributed by atoms with E-state index in [9.17, 15) is 29.8 Å². The molecular weight excluding hydrogens is 592 g/mol. The van der Waals surface area contributed by atoms with Gasteiger partial charge in [-0.1, -0.05) is 103 Å². The number of hydrogen-bond donors (Lipinski definition) is 0. The van der Waals surface area contributed by atoms with Gasteiger partial charge in [-0.25, -0.2) is 9.59 Å². The Balaban J connectivity index is 1.67. The van der Waals surface area contributed by atoms with Gasteiger partial charge in [-0.05, 0) is 30.7 Å². The van der Waals surface area contributed by atoms with Gasteiger partial charge in [0, 0.05) is 30.9 Å². The maximum absolute atomic E-state index is 12.7. The molecule has 0 unspecified atom stereocenters. The zero-order valence-electron chi connectivity index (χ0n) is 27.2. The van der Waals surface area contributed by atoms with E-state index in [0.29, 0.717) is 6.61 Å². The third-order valence-electron chi connectivity index (χ3n) is 7.75. The lowest BCUT2D eigenvalue weighted by Crippen LogP contribution is -2.30. The van der Waals surface area contributed by atoms with Crippen molar-refractivity contribution in [2.75, 3.05) is 19.8 Å². The van der Waals surface area contributed by atoms with Crippen molar-refractivity contribution >= 4 is 23.3 Å². The van der Waals surface area contributed by atoms with Crippen LogP contribution in [0.4, 0.5) is 11.4 Å². The summed E-state index contributed by atoms with van der Waals surface area (Å²) in [5.74, 6) is -1.47. The van der Waals surface area contributed by atoms with Gasteiger partial charge in [-0.15, -0.1) is 0 Å². The molecule has 0 bridgehead atoms. The smallest absolute Gasteiger partial charge is 0.338 e. The number of nitrogens with zero attached hydrogens (tertiary/aromatic N) is 2. The molecular formula is C35H50N2O9. The predicted molar refractivity (Wildman–Crippen MR) is 176 cm³/mol. The van der Waals surface area contributed by atoms with Crippen molar-refractivity contribution < 1.29 is 33.6 Å². The Morgan fingerprint density at radius 3 is 1.39 bits per heavy atom. The SMILES string of the molecule is CCCCCCCCCCCCCCCCCCOC[C@H](COC(=O)c1ccc([N+](=O)[O-])cc1)OC(=O)c1ccc([N+](=O)[O-])cc1. The molecule has 0 N–H and O–H groups in total. The third kappa shape index (κ3) is 16.5. The van der Waals surface area contributed by atoms with Gasteiger partial charge in [0.15, 0.2) is 6.10 Å². The molecule has 2 aromatic rings. The summed E-state index contributed by atoms with van der Waals surface area (Å²) in [4.78, 5) is 45.8. The molecule has 2 rings (SSSR count). The quantitative estimate of drug-likeness (QED) is 0.0424. The molecule has 0 amide bonds. The summed E-state index contributed by atoms with van der Waals surface area (Å²) >= 11 is 0. The Morgan fingerprint density at radius 2 is 0.978 bits per heavy atom. The Kier molecular flexibility index (Phi) is 19.6. The molecule has 0 fully saturated rings. The first-order valence-electron chi connectivity index (χ1n) is 16.8. The van der Waals surface area contributed by atoms with Gasteiger partial charge in [0.2, 0.25) is 0 Å². The predicted octanol–water partition coefficient (Wildman–Crippen LogP) is 9.16. The second-order valence-corrected chi connectivity index (χ2v) is 11.6. The van der Waals surface area contributed by atoms with Crippen molar-refractivity contribution in [2.45, 2.75) is 116 Å². The van der Waals surface area contributed by atoms with Crippen LogP contribution >= 0.6 is 0 Å². The lowest BCUT2D eigenvalue weighted by atomic mass is 10.0. The average Bonchev–Trinajstić information content (AvgIpc) is 3.06. The van der Waals surface area contributed by atoms with E-state index >= 15 is 0 Å². The van der Waals surface area contributed by atoms with Gasteiger partial charge in [0.25, 0.3) is 11.4 Å². The van der Waals surface area contributed by atoms with Crippen LogP contribution in [-0.2, 0) is 14.2 Å². The number of benzene rings is 2. The second kappa shape index (κ2) is 23.5. The van der Waals surface area contributed by atoms with Crippen LogP contribution < -0.4 is 0 Å². The summed E-state index contributed by atoms with van der Waals surface area (Å²) in [7, 11) is 0. The first-order valence-corrected chi connectivity index (χ1v) is 16.8. The average molecular weight is 643 g/mol. The van der Waals surface area contributed by atoms with Gasteiger partial charge in [0.05, 0.1) is 27.6 Å². The number of carbonyl (C=O) groups excluding carboxylic acids is 2. The fourth-order valence-corrected chi connectivity index (χ4v) is 4.99. The summed E-state index contributed by atoms with van der Waals surface area (Å²) < 4.78 is 16.6. The molecule has 0 aliphatic carbocycles. The summed E-state index contributed by atoms with van der Waals surface area (Å²) in [6.45, 7) is 2.40. The van der Waals surface area contributed by atoms with E-state index < -0.39 is 27.9 Å². The van der Waals surface area contributed by atoms with Crippen LogP contribution in [0, 0.1) is 20.2 Å². The van der Waals surface area contributed by atoms with E-state index in [2.05, 4.69) is 6.92 Å². The molecule has 0 spiro atoms.